The third-order valence-corrected chi connectivity index (χ3v) is 6.24. The van der Waals surface area contributed by atoms with E-state index in [-0.39, 0.29) is 18.1 Å². The van der Waals surface area contributed by atoms with Crippen molar-refractivity contribution >= 4 is 6.03 Å². The Labute approximate surface area is 125 Å². The van der Waals surface area contributed by atoms with Gasteiger partial charge >= 0.3 is 6.03 Å². The minimum absolute atomic E-state index is 0.0207. The SMILES string of the molecule is O=C(NC12CC3CC(CC(C3)C1)C2)N1CC[C@@H](O)[C@H](O)C1. The van der Waals surface area contributed by atoms with Crippen LogP contribution >= 0.6 is 0 Å². The lowest BCUT2D eigenvalue weighted by Crippen LogP contribution is -2.63. The Kier molecular flexibility index (Phi) is 3.19. The molecule has 21 heavy (non-hydrogen) atoms. The van der Waals surface area contributed by atoms with Crippen molar-refractivity contribution in [2.24, 2.45) is 17.8 Å². The topological polar surface area (TPSA) is 72.8 Å². The van der Waals surface area contributed by atoms with Crippen LogP contribution in [0.2, 0.25) is 0 Å². The fourth-order valence-corrected chi connectivity index (χ4v) is 5.67. The summed E-state index contributed by atoms with van der Waals surface area (Å²) in [7, 11) is 0. The summed E-state index contributed by atoms with van der Waals surface area (Å²) in [6.45, 7) is 0.787. The number of nitrogens with one attached hydrogen (secondary N) is 1. The lowest BCUT2D eigenvalue weighted by atomic mass is 9.53. The van der Waals surface area contributed by atoms with Crippen LogP contribution in [-0.2, 0) is 0 Å². The quantitative estimate of drug-likeness (QED) is 0.678. The summed E-state index contributed by atoms with van der Waals surface area (Å²) < 4.78 is 0. The Morgan fingerprint density at radius 1 is 1.00 bits per heavy atom. The van der Waals surface area contributed by atoms with Gasteiger partial charge in [-0.15, -0.1) is 0 Å². The summed E-state index contributed by atoms with van der Waals surface area (Å²) >= 11 is 0. The van der Waals surface area contributed by atoms with Gasteiger partial charge in [-0.1, -0.05) is 0 Å². The van der Waals surface area contributed by atoms with Crippen molar-refractivity contribution in [3.8, 4) is 0 Å². The first-order valence-electron chi connectivity index (χ1n) is 8.46. The number of hydrogen-bond donors (Lipinski definition) is 3. The van der Waals surface area contributed by atoms with E-state index < -0.39 is 12.2 Å². The summed E-state index contributed by atoms with van der Waals surface area (Å²) in [5, 5.41) is 22.7. The maximum Gasteiger partial charge on any atom is 0.317 e. The fraction of sp³-hybridized carbons (Fsp3) is 0.938. The molecule has 4 aliphatic carbocycles. The van der Waals surface area contributed by atoms with Crippen LogP contribution in [-0.4, -0.2) is 52.0 Å². The Hall–Kier alpha value is -0.810. The number of likely N-dealkylation sites (tertiary alicyclic amines) is 1. The number of nitrogens with zero attached hydrogens (tertiary/aromatic N) is 1. The zero-order chi connectivity index (χ0) is 14.6. The highest BCUT2D eigenvalue weighted by Crippen LogP contribution is 2.55. The van der Waals surface area contributed by atoms with Crippen LogP contribution in [0.1, 0.15) is 44.9 Å². The van der Waals surface area contributed by atoms with Gasteiger partial charge in [0.15, 0.2) is 0 Å². The molecule has 0 unspecified atom stereocenters. The van der Waals surface area contributed by atoms with Gasteiger partial charge in [-0.2, -0.15) is 0 Å². The number of hydrogen-bond acceptors (Lipinski definition) is 3. The standard InChI is InChI=1S/C16H26N2O3/c19-13-1-2-18(9-14(13)20)15(21)17-16-6-10-3-11(7-16)5-12(4-10)8-16/h10-14,19-20H,1-9H2,(H,17,21)/t10?,11?,12?,13-,14-,16?/m1/s1. The van der Waals surface area contributed by atoms with E-state index in [9.17, 15) is 15.0 Å². The lowest BCUT2D eigenvalue weighted by molar-refractivity contribution is -0.0359. The molecule has 5 fully saturated rings. The molecule has 5 aliphatic rings. The highest BCUT2D eigenvalue weighted by molar-refractivity contribution is 5.75. The Morgan fingerprint density at radius 2 is 1.57 bits per heavy atom. The van der Waals surface area contributed by atoms with Gasteiger partial charge in [0.1, 0.15) is 0 Å². The van der Waals surface area contributed by atoms with Crippen LogP contribution in [0.5, 0.6) is 0 Å². The molecular formula is C16H26N2O3. The van der Waals surface area contributed by atoms with Crippen molar-refractivity contribution < 1.29 is 15.0 Å². The maximum absolute atomic E-state index is 12.6. The van der Waals surface area contributed by atoms with Crippen molar-refractivity contribution in [1.29, 1.82) is 0 Å². The zero-order valence-corrected chi connectivity index (χ0v) is 12.5. The number of aliphatic hydroxyl groups is 2. The first-order valence-corrected chi connectivity index (χ1v) is 8.46. The van der Waals surface area contributed by atoms with Gasteiger partial charge in [-0.3, -0.25) is 0 Å². The van der Waals surface area contributed by atoms with Crippen molar-refractivity contribution in [2.75, 3.05) is 13.1 Å². The van der Waals surface area contributed by atoms with E-state index >= 15 is 0 Å². The van der Waals surface area contributed by atoms with Gasteiger partial charge in [0, 0.05) is 12.1 Å². The highest BCUT2D eigenvalue weighted by atomic mass is 16.3. The molecular weight excluding hydrogens is 268 g/mol. The Bertz CT molecular complexity index is 404. The molecule has 0 spiro atoms. The lowest BCUT2D eigenvalue weighted by Gasteiger charge is -2.57. The summed E-state index contributed by atoms with van der Waals surface area (Å²) in [4.78, 5) is 14.2. The second-order valence-corrected chi connectivity index (χ2v) is 8.00. The molecule has 2 amide bonds. The molecule has 5 heteroatoms. The monoisotopic (exact) mass is 294 g/mol. The van der Waals surface area contributed by atoms with Crippen LogP contribution in [0.25, 0.3) is 0 Å². The number of piperidine rings is 1. The number of rotatable bonds is 1. The molecule has 0 radical (unpaired) electrons. The van der Waals surface area contributed by atoms with Gasteiger partial charge in [0.25, 0.3) is 0 Å². The summed E-state index contributed by atoms with van der Waals surface area (Å²) in [5.74, 6) is 2.43. The predicted octanol–water partition coefficient (Wildman–Crippen LogP) is 1.09. The van der Waals surface area contributed by atoms with Crippen molar-refractivity contribution in [2.45, 2.75) is 62.7 Å². The molecule has 0 aromatic rings. The van der Waals surface area contributed by atoms with E-state index in [1.807, 2.05) is 0 Å². The summed E-state index contributed by atoms with van der Waals surface area (Å²) in [5.41, 5.74) is 0.0207. The molecule has 3 N–H and O–H groups in total. The minimum atomic E-state index is -0.805. The van der Waals surface area contributed by atoms with Gasteiger partial charge in [-0.25, -0.2) is 4.79 Å². The smallest absolute Gasteiger partial charge is 0.317 e. The number of aliphatic hydroxyl groups excluding tert-OH is 2. The fourth-order valence-electron chi connectivity index (χ4n) is 5.67. The molecule has 1 aliphatic heterocycles. The molecule has 5 rings (SSSR count). The minimum Gasteiger partial charge on any atom is -0.390 e. The number of carbonyl (C=O) groups is 1. The van der Waals surface area contributed by atoms with E-state index in [0.717, 1.165) is 37.0 Å². The Morgan fingerprint density at radius 3 is 2.10 bits per heavy atom. The number of β-amino-alcohol motifs (C(OH)–C–C–N with tert-alkyl or cyclic N) is 1. The van der Waals surface area contributed by atoms with Crippen LogP contribution in [0.15, 0.2) is 0 Å². The molecule has 0 aromatic carbocycles. The van der Waals surface area contributed by atoms with Gasteiger partial charge < -0.3 is 20.4 Å². The maximum atomic E-state index is 12.6. The number of urea groups is 1. The number of amides is 2. The molecule has 2 atom stereocenters. The molecule has 4 bridgehead atoms. The second kappa shape index (κ2) is 4.85. The highest BCUT2D eigenvalue weighted by Gasteiger charge is 2.52. The van der Waals surface area contributed by atoms with Gasteiger partial charge in [-0.05, 0) is 62.7 Å². The zero-order valence-electron chi connectivity index (χ0n) is 12.5. The normalized spacial score (nSPS) is 48.5. The molecule has 1 heterocycles. The van der Waals surface area contributed by atoms with Crippen molar-refractivity contribution in [1.82, 2.24) is 10.2 Å². The molecule has 5 nitrogen and oxygen atoms in total. The average Bonchev–Trinajstić information content (AvgIpc) is 2.39. The van der Waals surface area contributed by atoms with Crippen LogP contribution in [0, 0.1) is 17.8 Å². The van der Waals surface area contributed by atoms with E-state index in [2.05, 4.69) is 5.32 Å². The average molecular weight is 294 g/mol. The predicted molar refractivity (Wildman–Crippen MR) is 77.6 cm³/mol. The van der Waals surface area contributed by atoms with Crippen LogP contribution in [0.3, 0.4) is 0 Å². The molecule has 0 aromatic heterocycles. The van der Waals surface area contributed by atoms with Crippen LogP contribution < -0.4 is 5.32 Å². The first-order chi connectivity index (χ1) is 10.0. The third-order valence-electron chi connectivity index (χ3n) is 6.24. The van der Waals surface area contributed by atoms with E-state index in [1.165, 1.54) is 19.3 Å². The summed E-state index contributed by atoms with van der Waals surface area (Å²) in [6.07, 6.45) is 6.50. The Balaban J connectivity index is 1.42. The van der Waals surface area contributed by atoms with E-state index in [1.54, 1.807) is 4.90 Å². The molecule has 4 saturated carbocycles. The summed E-state index contributed by atoms with van der Waals surface area (Å²) in [6, 6.07) is -0.0390. The van der Waals surface area contributed by atoms with Crippen LogP contribution in [0.4, 0.5) is 4.79 Å². The van der Waals surface area contributed by atoms with E-state index in [4.69, 9.17) is 0 Å². The third kappa shape index (κ3) is 2.44. The van der Waals surface area contributed by atoms with Crippen molar-refractivity contribution in [3.05, 3.63) is 0 Å². The van der Waals surface area contributed by atoms with Gasteiger partial charge in [0.2, 0.25) is 0 Å². The molecule has 118 valence electrons. The van der Waals surface area contributed by atoms with E-state index in [0.29, 0.717) is 13.0 Å². The largest absolute Gasteiger partial charge is 0.390 e. The van der Waals surface area contributed by atoms with Crippen molar-refractivity contribution in [3.63, 3.8) is 0 Å². The molecule has 1 saturated heterocycles. The first kappa shape index (κ1) is 13.8. The second-order valence-electron chi connectivity index (χ2n) is 8.00. The number of carbonyl (C=O) groups excluding carboxylic acids is 1. The van der Waals surface area contributed by atoms with Gasteiger partial charge in [0.05, 0.1) is 18.8 Å².